The summed E-state index contributed by atoms with van der Waals surface area (Å²) in [5.41, 5.74) is 2.41. The maximum Gasteiger partial charge on any atom is 0.252 e. The van der Waals surface area contributed by atoms with E-state index in [0.29, 0.717) is 18.7 Å². The zero-order valence-electron chi connectivity index (χ0n) is 13.0. The SMILES string of the molecule is CCCNC(=O)c1cncc(NCc2ccc3c(c2)OCO3)c1. The summed E-state index contributed by atoms with van der Waals surface area (Å²) in [4.78, 5) is 16.1. The Hall–Kier alpha value is -2.76. The molecule has 0 aliphatic carbocycles. The Morgan fingerprint density at radius 3 is 2.96 bits per heavy atom. The lowest BCUT2D eigenvalue weighted by atomic mass is 10.2. The Kier molecular flexibility index (Phi) is 4.61. The largest absolute Gasteiger partial charge is 0.454 e. The number of carbonyl (C=O) groups is 1. The van der Waals surface area contributed by atoms with E-state index in [4.69, 9.17) is 9.47 Å². The quantitative estimate of drug-likeness (QED) is 0.857. The molecule has 1 aromatic carbocycles. The number of ether oxygens (including phenoxy) is 2. The number of fused-ring (bicyclic) bond motifs is 1. The average molecular weight is 313 g/mol. The van der Waals surface area contributed by atoms with Gasteiger partial charge in [0.1, 0.15) is 0 Å². The summed E-state index contributed by atoms with van der Waals surface area (Å²) in [6.07, 6.45) is 4.17. The number of hydrogen-bond acceptors (Lipinski definition) is 5. The monoisotopic (exact) mass is 313 g/mol. The Bertz CT molecular complexity index is 703. The van der Waals surface area contributed by atoms with Crippen LogP contribution < -0.4 is 20.1 Å². The summed E-state index contributed by atoms with van der Waals surface area (Å²) in [6.45, 7) is 3.55. The van der Waals surface area contributed by atoms with E-state index in [0.717, 1.165) is 29.2 Å². The van der Waals surface area contributed by atoms with Gasteiger partial charge in [-0.2, -0.15) is 0 Å². The highest BCUT2D eigenvalue weighted by Gasteiger charge is 2.13. The van der Waals surface area contributed by atoms with Gasteiger partial charge >= 0.3 is 0 Å². The smallest absolute Gasteiger partial charge is 0.252 e. The highest BCUT2D eigenvalue weighted by Crippen LogP contribution is 2.32. The molecule has 6 heteroatoms. The van der Waals surface area contributed by atoms with Gasteiger partial charge in [0.2, 0.25) is 6.79 Å². The van der Waals surface area contributed by atoms with Gasteiger partial charge in [-0.1, -0.05) is 13.0 Å². The molecule has 0 spiro atoms. The standard InChI is InChI=1S/C17H19N3O3/c1-2-5-19-17(21)13-7-14(10-18-9-13)20-8-12-3-4-15-16(6-12)23-11-22-15/h3-4,6-7,9-10,20H,2,5,8,11H2,1H3,(H,19,21). The van der Waals surface area contributed by atoms with Gasteiger partial charge in [-0.3, -0.25) is 9.78 Å². The van der Waals surface area contributed by atoms with Gasteiger partial charge in [-0.05, 0) is 30.2 Å². The van der Waals surface area contributed by atoms with E-state index in [1.807, 2.05) is 25.1 Å². The fourth-order valence-electron chi connectivity index (χ4n) is 2.26. The summed E-state index contributed by atoms with van der Waals surface area (Å²) in [7, 11) is 0. The number of benzene rings is 1. The van der Waals surface area contributed by atoms with Gasteiger partial charge in [-0.25, -0.2) is 0 Å². The molecule has 2 heterocycles. The normalized spacial score (nSPS) is 12.0. The predicted molar refractivity (Wildman–Crippen MR) is 86.8 cm³/mol. The van der Waals surface area contributed by atoms with Crippen molar-refractivity contribution in [2.45, 2.75) is 19.9 Å². The Labute approximate surface area is 134 Å². The Morgan fingerprint density at radius 1 is 1.22 bits per heavy atom. The highest BCUT2D eigenvalue weighted by molar-refractivity contribution is 5.94. The molecule has 0 saturated heterocycles. The van der Waals surface area contributed by atoms with Crippen molar-refractivity contribution in [2.75, 3.05) is 18.7 Å². The molecule has 120 valence electrons. The van der Waals surface area contributed by atoms with Crippen molar-refractivity contribution in [3.63, 3.8) is 0 Å². The summed E-state index contributed by atoms with van der Waals surface area (Å²) < 4.78 is 10.7. The molecule has 6 nitrogen and oxygen atoms in total. The number of nitrogens with zero attached hydrogens (tertiary/aromatic N) is 1. The third-order valence-corrected chi connectivity index (χ3v) is 3.47. The highest BCUT2D eigenvalue weighted by atomic mass is 16.7. The van der Waals surface area contributed by atoms with E-state index in [1.165, 1.54) is 0 Å². The van der Waals surface area contributed by atoms with E-state index in [2.05, 4.69) is 15.6 Å². The van der Waals surface area contributed by atoms with Crippen molar-refractivity contribution in [2.24, 2.45) is 0 Å². The minimum atomic E-state index is -0.105. The molecule has 1 aliphatic heterocycles. The van der Waals surface area contributed by atoms with Crippen LogP contribution in [0.1, 0.15) is 29.3 Å². The molecule has 1 aromatic heterocycles. The van der Waals surface area contributed by atoms with E-state index in [-0.39, 0.29) is 12.7 Å². The molecule has 0 radical (unpaired) electrons. The lowest BCUT2D eigenvalue weighted by Crippen LogP contribution is -2.24. The Balaban J connectivity index is 1.63. The number of hydrogen-bond donors (Lipinski definition) is 2. The maximum absolute atomic E-state index is 11.9. The molecule has 1 amide bonds. The number of aromatic nitrogens is 1. The minimum absolute atomic E-state index is 0.105. The molecular weight excluding hydrogens is 294 g/mol. The molecule has 3 rings (SSSR count). The number of carbonyl (C=O) groups excluding carboxylic acids is 1. The van der Waals surface area contributed by atoms with Crippen molar-refractivity contribution in [3.05, 3.63) is 47.8 Å². The van der Waals surface area contributed by atoms with Crippen molar-refractivity contribution in [3.8, 4) is 11.5 Å². The lowest BCUT2D eigenvalue weighted by molar-refractivity contribution is 0.0953. The number of rotatable bonds is 6. The summed E-state index contributed by atoms with van der Waals surface area (Å²) in [5, 5.41) is 6.11. The number of pyridine rings is 1. The van der Waals surface area contributed by atoms with Crippen LogP contribution in [0.4, 0.5) is 5.69 Å². The molecule has 0 unspecified atom stereocenters. The fourth-order valence-corrected chi connectivity index (χ4v) is 2.26. The van der Waals surface area contributed by atoms with E-state index in [9.17, 15) is 4.79 Å². The van der Waals surface area contributed by atoms with Gasteiger partial charge < -0.3 is 20.1 Å². The van der Waals surface area contributed by atoms with Crippen molar-refractivity contribution >= 4 is 11.6 Å². The van der Waals surface area contributed by atoms with Crippen LogP contribution in [0.5, 0.6) is 11.5 Å². The predicted octanol–water partition coefficient (Wildman–Crippen LogP) is 2.56. The first-order valence-electron chi connectivity index (χ1n) is 7.62. The van der Waals surface area contributed by atoms with Crippen molar-refractivity contribution < 1.29 is 14.3 Å². The number of anilines is 1. The van der Waals surface area contributed by atoms with Crippen LogP contribution in [-0.4, -0.2) is 24.2 Å². The topological polar surface area (TPSA) is 72.5 Å². The number of amides is 1. The first-order chi connectivity index (χ1) is 11.3. The molecule has 0 bridgehead atoms. The number of nitrogens with one attached hydrogen (secondary N) is 2. The maximum atomic E-state index is 11.9. The summed E-state index contributed by atoms with van der Waals surface area (Å²) in [5.74, 6) is 1.42. The van der Waals surface area contributed by atoms with Crippen LogP contribution in [0.2, 0.25) is 0 Å². The molecule has 0 atom stereocenters. The first kappa shape index (κ1) is 15.1. The van der Waals surface area contributed by atoms with Gasteiger partial charge in [0, 0.05) is 25.5 Å². The molecule has 1 aliphatic rings. The van der Waals surface area contributed by atoms with Gasteiger partial charge in [0.25, 0.3) is 5.91 Å². The molecule has 2 N–H and O–H groups in total. The van der Waals surface area contributed by atoms with Gasteiger partial charge in [-0.15, -0.1) is 0 Å². The lowest BCUT2D eigenvalue weighted by Gasteiger charge is -2.09. The second-order valence-corrected chi connectivity index (χ2v) is 5.26. The Morgan fingerprint density at radius 2 is 2.09 bits per heavy atom. The zero-order chi connectivity index (χ0) is 16.1. The van der Waals surface area contributed by atoms with Crippen LogP contribution in [0.15, 0.2) is 36.7 Å². The van der Waals surface area contributed by atoms with Gasteiger partial charge in [0.15, 0.2) is 11.5 Å². The van der Waals surface area contributed by atoms with E-state index in [1.54, 1.807) is 18.5 Å². The molecular formula is C17H19N3O3. The first-order valence-corrected chi connectivity index (χ1v) is 7.62. The van der Waals surface area contributed by atoms with Gasteiger partial charge in [0.05, 0.1) is 11.3 Å². The third-order valence-electron chi connectivity index (χ3n) is 3.47. The summed E-state index contributed by atoms with van der Waals surface area (Å²) in [6, 6.07) is 7.61. The van der Waals surface area contributed by atoms with Crippen LogP contribution in [0.25, 0.3) is 0 Å². The molecule has 0 saturated carbocycles. The zero-order valence-corrected chi connectivity index (χ0v) is 13.0. The molecule has 0 fully saturated rings. The molecule has 2 aromatic rings. The second-order valence-electron chi connectivity index (χ2n) is 5.26. The van der Waals surface area contributed by atoms with E-state index >= 15 is 0 Å². The van der Waals surface area contributed by atoms with E-state index < -0.39 is 0 Å². The fraction of sp³-hybridized carbons (Fsp3) is 0.294. The minimum Gasteiger partial charge on any atom is -0.454 e. The second kappa shape index (κ2) is 7.00. The van der Waals surface area contributed by atoms with Crippen molar-refractivity contribution in [1.29, 1.82) is 0 Å². The van der Waals surface area contributed by atoms with Crippen LogP contribution in [0, 0.1) is 0 Å². The molecule has 23 heavy (non-hydrogen) atoms. The van der Waals surface area contributed by atoms with Crippen LogP contribution in [-0.2, 0) is 6.54 Å². The van der Waals surface area contributed by atoms with Crippen LogP contribution in [0.3, 0.4) is 0 Å². The summed E-state index contributed by atoms with van der Waals surface area (Å²) >= 11 is 0. The van der Waals surface area contributed by atoms with Crippen LogP contribution >= 0.6 is 0 Å². The average Bonchev–Trinajstić information content (AvgIpc) is 3.06. The van der Waals surface area contributed by atoms with Crippen molar-refractivity contribution in [1.82, 2.24) is 10.3 Å². The third kappa shape index (κ3) is 3.71.